The van der Waals surface area contributed by atoms with Crippen LogP contribution in [0.4, 0.5) is 0 Å². The quantitative estimate of drug-likeness (QED) is 0.470. The minimum Gasteiger partial charge on any atom is -0.0882 e. The molecule has 0 nitrogen and oxygen atoms in total. The molecule has 0 saturated heterocycles. The van der Waals surface area contributed by atoms with Crippen molar-refractivity contribution in [2.75, 3.05) is 0 Å². The van der Waals surface area contributed by atoms with Gasteiger partial charge in [-0.2, -0.15) is 0 Å². The standard InChI is InChI=1S/C19H27Br/c1-18-11-4-3-5-13(18)6-7-14-15-8-9-17(20)19(15,2)12-10-16(14)18/h3-4,9,13-16H,5-8,10-12H2,1-2H3/t13?,14-,15-,16-,18-,19-/m0/s1. The van der Waals surface area contributed by atoms with E-state index in [0.29, 0.717) is 10.8 Å². The summed E-state index contributed by atoms with van der Waals surface area (Å²) in [6.45, 7) is 5.15. The molecule has 4 aliphatic rings. The fourth-order valence-electron chi connectivity index (χ4n) is 6.35. The van der Waals surface area contributed by atoms with Crippen LogP contribution in [0.3, 0.4) is 0 Å². The van der Waals surface area contributed by atoms with Gasteiger partial charge in [-0.15, -0.1) is 0 Å². The molecule has 4 aliphatic carbocycles. The van der Waals surface area contributed by atoms with Crippen molar-refractivity contribution in [3.8, 4) is 0 Å². The first-order chi connectivity index (χ1) is 9.56. The SMILES string of the molecule is C[C@]12CC=CCC1CC[C@@H]1[C@@H]2CC[C@]2(C)C(Br)=CC[C@@H]12. The van der Waals surface area contributed by atoms with Crippen LogP contribution in [0.25, 0.3) is 0 Å². The first kappa shape index (κ1) is 13.6. The zero-order valence-corrected chi connectivity index (χ0v) is 14.5. The zero-order chi connectivity index (χ0) is 14.0. The topological polar surface area (TPSA) is 0 Å². The summed E-state index contributed by atoms with van der Waals surface area (Å²) in [6.07, 6.45) is 17.3. The van der Waals surface area contributed by atoms with E-state index in [-0.39, 0.29) is 0 Å². The van der Waals surface area contributed by atoms with E-state index in [1.54, 1.807) is 0 Å². The Bertz CT molecular complexity index is 476. The molecule has 4 rings (SSSR count). The van der Waals surface area contributed by atoms with Gasteiger partial charge in [0, 0.05) is 5.41 Å². The van der Waals surface area contributed by atoms with Crippen molar-refractivity contribution in [3.63, 3.8) is 0 Å². The maximum atomic E-state index is 3.88. The van der Waals surface area contributed by atoms with E-state index in [9.17, 15) is 0 Å². The minimum atomic E-state index is 0.467. The first-order valence-corrected chi connectivity index (χ1v) is 9.36. The van der Waals surface area contributed by atoms with Gasteiger partial charge in [-0.05, 0) is 78.5 Å². The van der Waals surface area contributed by atoms with E-state index in [1.807, 2.05) is 0 Å². The molecule has 0 spiro atoms. The average Bonchev–Trinajstić information content (AvgIpc) is 2.74. The molecule has 1 heteroatoms. The van der Waals surface area contributed by atoms with Gasteiger partial charge in [-0.25, -0.2) is 0 Å². The maximum absolute atomic E-state index is 3.88. The zero-order valence-electron chi connectivity index (χ0n) is 12.9. The number of halogens is 1. The normalized spacial score (nSPS) is 53.9. The summed E-state index contributed by atoms with van der Waals surface area (Å²) in [6, 6.07) is 0. The van der Waals surface area contributed by atoms with Crippen molar-refractivity contribution in [2.45, 2.75) is 58.8 Å². The van der Waals surface area contributed by atoms with Crippen molar-refractivity contribution in [3.05, 3.63) is 22.7 Å². The molecule has 0 aliphatic heterocycles. The molecule has 6 atom stereocenters. The van der Waals surface area contributed by atoms with Crippen LogP contribution in [0.2, 0.25) is 0 Å². The Morgan fingerprint density at radius 2 is 1.90 bits per heavy atom. The van der Waals surface area contributed by atoms with Crippen molar-refractivity contribution in [2.24, 2.45) is 34.5 Å². The number of hydrogen-bond donors (Lipinski definition) is 0. The number of rotatable bonds is 0. The molecular weight excluding hydrogens is 308 g/mol. The van der Waals surface area contributed by atoms with Crippen LogP contribution in [-0.4, -0.2) is 0 Å². The van der Waals surface area contributed by atoms with E-state index in [4.69, 9.17) is 0 Å². The van der Waals surface area contributed by atoms with Crippen molar-refractivity contribution in [1.29, 1.82) is 0 Å². The summed E-state index contributed by atoms with van der Waals surface area (Å²) in [5, 5.41) is 0. The van der Waals surface area contributed by atoms with Crippen LogP contribution in [-0.2, 0) is 0 Å². The van der Waals surface area contributed by atoms with E-state index in [1.165, 1.54) is 49.4 Å². The fraction of sp³-hybridized carbons (Fsp3) is 0.789. The van der Waals surface area contributed by atoms with E-state index >= 15 is 0 Å². The molecule has 0 aromatic heterocycles. The van der Waals surface area contributed by atoms with Crippen LogP contribution in [0.5, 0.6) is 0 Å². The second-order valence-electron chi connectivity index (χ2n) is 8.31. The molecule has 0 aromatic rings. The predicted octanol–water partition coefficient (Wildman–Crippen LogP) is 6.08. The lowest BCUT2D eigenvalue weighted by Gasteiger charge is -2.59. The molecule has 0 radical (unpaired) electrons. The number of hydrogen-bond acceptors (Lipinski definition) is 0. The minimum absolute atomic E-state index is 0.467. The molecule has 0 heterocycles. The summed E-state index contributed by atoms with van der Waals surface area (Å²) in [4.78, 5) is 0. The van der Waals surface area contributed by atoms with Gasteiger partial charge < -0.3 is 0 Å². The second kappa shape index (κ2) is 4.48. The Hall–Kier alpha value is -0.0400. The molecular formula is C19H27Br. The van der Waals surface area contributed by atoms with Crippen LogP contribution in [0.1, 0.15) is 58.8 Å². The lowest BCUT2D eigenvalue weighted by Crippen LogP contribution is -2.51. The molecule has 2 saturated carbocycles. The van der Waals surface area contributed by atoms with Crippen LogP contribution >= 0.6 is 15.9 Å². The maximum Gasteiger partial charge on any atom is 0.00216 e. The number of fused-ring (bicyclic) bond motifs is 5. The van der Waals surface area contributed by atoms with Gasteiger partial charge in [-0.3, -0.25) is 0 Å². The van der Waals surface area contributed by atoms with Gasteiger partial charge in [0.1, 0.15) is 0 Å². The molecule has 0 aromatic carbocycles. The van der Waals surface area contributed by atoms with Crippen molar-refractivity contribution >= 4 is 15.9 Å². The third-order valence-electron chi connectivity index (χ3n) is 7.70. The highest BCUT2D eigenvalue weighted by Crippen LogP contribution is 2.66. The van der Waals surface area contributed by atoms with Gasteiger partial charge >= 0.3 is 0 Å². The molecule has 110 valence electrons. The van der Waals surface area contributed by atoms with Crippen LogP contribution in [0.15, 0.2) is 22.7 Å². The summed E-state index contributed by atoms with van der Waals surface area (Å²) in [7, 11) is 0. The van der Waals surface area contributed by atoms with E-state index < -0.39 is 0 Å². The highest BCUT2D eigenvalue weighted by Gasteiger charge is 2.57. The lowest BCUT2D eigenvalue weighted by atomic mass is 9.46. The number of allylic oxidation sites excluding steroid dienone is 4. The van der Waals surface area contributed by atoms with Gasteiger partial charge in [0.05, 0.1) is 0 Å². The Morgan fingerprint density at radius 1 is 1.05 bits per heavy atom. The Balaban J connectivity index is 1.67. The first-order valence-electron chi connectivity index (χ1n) is 8.57. The highest BCUT2D eigenvalue weighted by atomic mass is 79.9. The Labute approximate surface area is 132 Å². The highest BCUT2D eigenvalue weighted by molar-refractivity contribution is 9.11. The van der Waals surface area contributed by atoms with E-state index in [2.05, 4.69) is 48.0 Å². The predicted molar refractivity (Wildman–Crippen MR) is 88.6 cm³/mol. The van der Waals surface area contributed by atoms with Crippen molar-refractivity contribution < 1.29 is 0 Å². The molecule has 1 unspecified atom stereocenters. The smallest absolute Gasteiger partial charge is 0.00216 e. The molecule has 2 fully saturated rings. The molecule has 0 N–H and O–H groups in total. The summed E-state index contributed by atoms with van der Waals surface area (Å²) >= 11 is 3.88. The van der Waals surface area contributed by atoms with Gasteiger partial charge in [0.25, 0.3) is 0 Å². The fourth-order valence-corrected chi connectivity index (χ4v) is 7.03. The molecule has 20 heavy (non-hydrogen) atoms. The van der Waals surface area contributed by atoms with Gasteiger partial charge in [0.15, 0.2) is 0 Å². The van der Waals surface area contributed by atoms with Gasteiger partial charge in [0.2, 0.25) is 0 Å². The molecule has 0 bridgehead atoms. The van der Waals surface area contributed by atoms with Crippen LogP contribution < -0.4 is 0 Å². The van der Waals surface area contributed by atoms with Gasteiger partial charge in [-0.1, -0.05) is 48.0 Å². The summed E-state index contributed by atoms with van der Waals surface area (Å²) in [5.74, 6) is 3.85. The van der Waals surface area contributed by atoms with E-state index in [0.717, 1.165) is 23.7 Å². The Morgan fingerprint density at radius 3 is 2.75 bits per heavy atom. The monoisotopic (exact) mass is 334 g/mol. The van der Waals surface area contributed by atoms with Crippen molar-refractivity contribution in [1.82, 2.24) is 0 Å². The third-order valence-corrected chi connectivity index (χ3v) is 8.93. The summed E-state index contributed by atoms with van der Waals surface area (Å²) in [5.41, 5.74) is 1.07. The average molecular weight is 335 g/mol. The molecule has 0 amide bonds. The summed E-state index contributed by atoms with van der Waals surface area (Å²) < 4.78 is 1.52. The lowest BCUT2D eigenvalue weighted by molar-refractivity contribution is -0.0807. The largest absolute Gasteiger partial charge is 0.0882 e. The second-order valence-corrected chi connectivity index (χ2v) is 9.17. The third kappa shape index (κ3) is 1.65. The van der Waals surface area contributed by atoms with Crippen LogP contribution in [0, 0.1) is 34.5 Å². The Kier molecular flexibility index (Phi) is 3.05.